The van der Waals surface area contributed by atoms with Gasteiger partial charge in [0.25, 0.3) is 0 Å². The van der Waals surface area contributed by atoms with E-state index in [0.717, 1.165) is 37.8 Å². The van der Waals surface area contributed by atoms with Crippen molar-refractivity contribution < 1.29 is 15.0 Å². The number of rotatable bonds is 4. The summed E-state index contributed by atoms with van der Waals surface area (Å²) in [5.74, 6) is 0.282. The molecule has 0 spiro atoms. The van der Waals surface area contributed by atoms with Crippen molar-refractivity contribution in [1.82, 2.24) is 4.90 Å². The second kappa shape index (κ2) is 7.46. The van der Waals surface area contributed by atoms with E-state index in [2.05, 4.69) is 0 Å². The van der Waals surface area contributed by atoms with Gasteiger partial charge >= 0.3 is 0 Å². The lowest BCUT2D eigenvalue weighted by Gasteiger charge is -2.31. The molecule has 1 aromatic rings. The summed E-state index contributed by atoms with van der Waals surface area (Å²) in [6, 6.07) is 7.00. The number of benzene rings is 1. The number of carbonyl (C=O) groups is 1. The maximum Gasteiger partial charge on any atom is 0.227 e. The largest absolute Gasteiger partial charge is 0.508 e. The van der Waals surface area contributed by atoms with E-state index in [4.69, 9.17) is 0 Å². The van der Waals surface area contributed by atoms with Crippen LogP contribution >= 0.6 is 0 Å². The van der Waals surface area contributed by atoms with Gasteiger partial charge in [0, 0.05) is 12.6 Å². The first-order chi connectivity index (χ1) is 10.1. The van der Waals surface area contributed by atoms with Gasteiger partial charge in [0.05, 0.1) is 12.5 Å². The quantitative estimate of drug-likeness (QED) is 0.896. The molecule has 1 saturated heterocycles. The normalized spacial score (nSPS) is 20.9. The zero-order valence-corrected chi connectivity index (χ0v) is 12.7. The number of phenolic OH excluding ortho intramolecular Hbond substituents is 1. The molecule has 116 valence electrons. The van der Waals surface area contributed by atoms with Crippen LogP contribution in [0.15, 0.2) is 24.3 Å². The van der Waals surface area contributed by atoms with Crippen LogP contribution in [-0.2, 0) is 11.2 Å². The molecule has 1 heterocycles. The number of phenols is 1. The van der Waals surface area contributed by atoms with E-state index in [-0.39, 0.29) is 23.8 Å². The van der Waals surface area contributed by atoms with Crippen molar-refractivity contribution in [1.29, 1.82) is 0 Å². The molecule has 2 unspecified atom stereocenters. The maximum absolute atomic E-state index is 12.6. The standard InChI is InChI=1S/C17H25NO3/c1-13(19)10-15-7-3-2-4-9-18(15)17(21)12-14-6-5-8-16(20)11-14/h5-6,8,11,13,15,19-20H,2-4,7,9-10,12H2,1H3. The molecule has 1 aromatic carbocycles. The Bertz CT molecular complexity index is 473. The molecule has 0 bridgehead atoms. The van der Waals surface area contributed by atoms with Crippen LogP contribution in [0.5, 0.6) is 5.75 Å². The minimum atomic E-state index is -0.385. The predicted octanol–water partition coefficient (Wildman–Crippen LogP) is 2.48. The molecule has 2 N–H and O–H groups in total. The van der Waals surface area contributed by atoms with Crippen molar-refractivity contribution in [2.75, 3.05) is 6.54 Å². The fourth-order valence-electron chi connectivity index (χ4n) is 3.09. The summed E-state index contributed by atoms with van der Waals surface area (Å²) in [6.45, 7) is 2.55. The molecule has 0 saturated carbocycles. The van der Waals surface area contributed by atoms with Crippen LogP contribution in [0.1, 0.15) is 44.6 Å². The summed E-state index contributed by atoms with van der Waals surface area (Å²) in [7, 11) is 0. The van der Waals surface area contributed by atoms with Crippen molar-refractivity contribution in [2.45, 2.75) is 57.6 Å². The van der Waals surface area contributed by atoms with E-state index >= 15 is 0 Å². The highest BCUT2D eigenvalue weighted by Gasteiger charge is 2.26. The Hall–Kier alpha value is -1.55. The van der Waals surface area contributed by atoms with Crippen LogP contribution in [0.25, 0.3) is 0 Å². The summed E-state index contributed by atoms with van der Waals surface area (Å²) >= 11 is 0. The molecule has 4 nitrogen and oxygen atoms in total. The Balaban J connectivity index is 2.06. The second-order valence-corrected chi connectivity index (χ2v) is 6.02. The number of hydrogen-bond donors (Lipinski definition) is 2. The molecule has 1 fully saturated rings. The maximum atomic E-state index is 12.6. The number of hydrogen-bond acceptors (Lipinski definition) is 3. The zero-order chi connectivity index (χ0) is 15.2. The van der Waals surface area contributed by atoms with E-state index < -0.39 is 0 Å². The van der Waals surface area contributed by atoms with E-state index in [9.17, 15) is 15.0 Å². The molecular formula is C17H25NO3. The first-order valence-electron chi connectivity index (χ1n) is 7.81. The van der Waals surface area contributed by atoms with Crippen molar-refractivity contribution in [3.05, 3.63) is 29.8 Å². The molecule has 1 aliphatic rings. The highest BCUT2D eigenvalue weighted by atomic mass is 16.3. The van der Waals surface area contributed by atoms with Crippen molar-refractivity contribution >= 4 is 5.91 Å². The molecule has 0 aliphatic carbocycles. The van der Waals surface area contributed by atoms with Crippen LogP contribution in [0.3, 0.4) is 0 Å². The average molecular weight is 291 g/mol. The van der Waals surface area contributed by atoms with Gasteiger partial charge in [0.2, 0.25) is 5.91 Å². The first kappa shape index (κ1) is 15.8. The van der Waals surface area contributed by atoms with Crippen molar-refractivity contribution in [3.8, 4) is 5.75 Å². The molecule has 1 amide bonds. The monoisotopic (exact) mass is 291 g/mol. The third-order valence-electron chi connectivity index (χ3n) is 4.08. The number of amides is 1. The minimum absolute atomic E-state index is 0.0909. The fourth-order valence-corrected chi connectivity index (χ4v) is 3.09. The van der Waals surface area contributed by atoms with Crippen LogP contribution in [-0.4, -0.2) is 39.7 Å². The number of aromatic hydroxyl groups is 1. The number of carbonyl (C=O) groups excluding carboxylic acids is 1. The Morgan fingerprint density at radius 2 is 2.19 bits per heavy atom. The van der Waals surface area contributed by atoms with Gasteiger partial charge in [-0.2, -0.15) is 0 Å². The van der Waals surface area contributed by atoms with Gasteiger partial charge in [0.1, 0.15) is 5.75 Å². The molecule has 2 rings (SSSR count). The van der Waals surface area contributed by atoms with E-state index in [1.54, 1.807) is 25.1 Å². The average Bonchev–Trinajstić information content (AvgIpc) is 2.63. The lowest BCUT2D eigenvalue weighted by atomic mass is 10.0. The molecular weight excluding hydrogens is 266 g/mol. The molecule has 1 aliphatic heterocycles. The third kappa shape index (κ3) is 4.74. The molecule has 0 radical (unpaired) electrons. The van der Waals surface area contributed by atoms with Gasteiger partial charge in [-0.25, -0.2) is 0 Å². The number of aliphatic hydroxyl groups excluding tert-OH is 1. The van der Waals surface area contributed by atoms with Gasteiger partial charge in [-0.15, -0.1) is 0 Å². The van der Waals surface area contributed by atoms with Crippen LogP contribution in [0.4, 0.5) is 0 Å². The summed E-state index contributed by atoms with van der Waals surface area (Å²) in [5, 5.41) is 19.1. The zero-order valence-electron chi connectivity index (χ0n) is 12.7. The van der Waals surface area contributed by atoms with Crippen LogP contribution in [0, 0.1) is 0 Å². The number of nitrogens with zero attached hydrogens (tertiary/aromatic N) is 1. The van der Waals surface area contributed by atoms with Gasteiger partial charge in [-0.05, 0) is 43.9 Å². The van der Waals surface area contributed by atoms with Gasteiger partial charge in [-0.3, -0.25) is 4.79 Å². The van der Waals surface area contributed by atoms with Gasteiger partial charge in [-0.1, -0.05) is 25.0 Å². The van der Waals surface area contributed by atoms with Gasteiger partial charge < -0.3 is 15.1 Å². The smallest absolute Gasteiger partial charge is 0.227 e. The molecule has 21 heavy (non-hydrogen) atoms. The van der Waals surface area contributed by atoms with E-state index in [1.165, 1.54) is 0 Å². The van der Waals surface area contributed by atoms with Gasteiger partial charge in [0.15, 0.2) is 0 Å². The molecule has 4 heteroatoms. The summed E-state index contributed by atoms with van der Waals surface area (Å²) in [6.07, 6.45) is 4.83. The van der Waals surface area contributed by atoms with E-state index in [1.807, 2.05) is 11.0 Å². The third-order valence-corrected chi connectivity index (χ3v) is 4.08. The SMILES string of the molecule is CC(O)CC1CCCCCN1C(=O)Cc1cccc(O)c1. The van der Waals surface area contributed by atoms with Crippen LogP contribution < -0.4 is 0 Å². The highest BCUT2D eigenvalue weighted by Crippen LogP contribution is 2.22. The fraction of sp³-hybridized carbons (Fsp3) is 0.588. The summed E-state index contributed by atoms with van der Waals surface area (Å²) in [4.78, 5) is 14.5. The summed E-state index contributed by atoms with van der Waals surface area (Å²) < 4.78 is 0. The topological polar surface area (TPSA) is 60.8 Å². The van der Waals surface area contributed by atoms with Crippen LogP contribution in [0.2, 0.25) is 0 Å². The van der Waals surface area contributed by atoms with Crippen molar-refractivity contribution in [2.24, 2.45) is 0 Å². The number of likely N-dealkylation sites (tertiary alicyclic amines) is 1. The highest BCUT2D eigenvalue weighted by molar-refractivity contribution is 5.79. The Morgan fingerprint density at radius 3 is 2.90 bits per heavy atom. The lowest BCUT2D eigenvalue weighted by molar-refractivity contribution is -0.133. The molecule has 0 aromatic heterocycles. The lowest BCUT2D eigenvalue weighted by Crippen LogP contribution is -2.42. The number of aliphatic hydroxyl groups is 1. The Morgan fingerprint density at radius 1 is 1.38 bits per heavy atom. The summed E-state index contributed by atoms with van der Waals surface area (Å²) in [5.41, 5.74) is 0.833. The van der Waals surface area contributed by atoms with E-state index in [0.29, 0.717) is 12.8 Å². The second-order valence-electron chi connectivity index (χ2n) is 6.02. The predicted molar refractivity (Wildman–Crippen MR) is 82.1 cm³/mol. The molecule has 2 atom stereocenters. The minimum Gasteiger partial charge on any atom is -0.508 e. The Kier molecular flexibility index (Phi) is 5.62. The van der Waals surface area contributed by atoms with Crippen molar-refractivity contribution in [3.63, 3.8) is 0 Å². The Labute approximate surface area is 126 Å². The first-order valence-corrected chi connectivity index (χ1v) is 7.81.